The smallest absolute Gasteiger partial charge is 0.328 e. The van der Waals surface area contributed by atoms with Crippen LogP contribution in [-0.4, -0.2) is 34.0 Å². The number of carboxylic acid groups (broad SMARTS) is 1. The Morgan fingerprint density at radius 3 is 2.64 bits per heavy atom. The average Bonchev–Trinajstić information content (AvgIpc) is 2.65. The number of likely N-dealkylation sites (N-methyl/N-ethyl adjacent to an activating group) is 1. The van der Waals surface area contributed by atoms with Crippen LogP contribution in [-0.2, 0) is 4.79 Å². The van der Waals surface area contributed by atoms with Crippen LogP contribution in [0.1, 0.15) is 24.9 Å². The molecule has 78 valence electrons. The first-order valence-corrected chi connectivity index (χ1v) is 5.44. The maximum absolute atomic E-state index is 11.1. The zero-order chi connectivity index (χ0) is 10.6. The molecule has 0 amide bonds. The van der Waals surface area contributed by atoms with Crippen molar-refractivity contribution in [2.75, 3.05) is 13.1 Å². The number of hydrogen-bond donors (Lipinski definition) is 1. The molecule has 5 heteroatoms. The molecule has 0 aromatic carbocycles. The number of aromatic nitrogens is 1. The monoisotopic (exact) mass is 214 g/mol. The largest absolute Gasteiger partial charge is 0.480 e. The van der Waals surface area contributed by atoms with Gasteiger partial charge in [-0.25, -0.2) is 4.98 Å². The van der Waals surface area contributed by atoms with Crippen LogP contribution < -0.4 is 0 Å². The van der Waals surface area contributed by atoms with Gasteiger partial charge in [-0.15, -0.1) is 11.3 Å². The molecular formula is C9H14N2O2S. The summed E-state index contributed by atoms with van der Waals surface area (Å²) in [7, 11) is 0. The summed E-state index contributed by atoms with van der Waals surface area (Å²) in [4.78, 5) is 17.0. The molecule has 1 N–H and O–H groups in total. The Labute approximate surface area is 87.2 Å². The van der Waals surface area contributed by atoms with Crippen molar-refractivity contribution in [3.05, 3.63) is 16.6 Å². The molecule has 14 heavy (non-hydrogen) atoms. The Kier molecular flexibility index (Phi) is 4.03. The van der Waals surface area contributed by atoms with Gasteiger partial charge in [-0.3, -0.25) is 9.69 Å². The summed E-state index contributed by atoms with van der Waals surface area (Å²) in [5.74, 6) is -0.830. The lowest BCUT2D eigenvalue weighted by Crippen LogP contribution is -2.33. The van der Waals surface area contributed by atoms with E-state index in [9.17, 15) is 4.79 Å². The lowest BCUT2D eigenvalue weighted by Gasteiger charge is -2.24. The number of aliphatic carboxylic acids is 1. The second kappa shape index (κ2) is 5.07. The van der Waals surface area contributed by atoms with E-state index in [-0.39, 0.29) is 0 Å². The van der Waals surface area contributed by atoms with Gasteiger partial charge in [0.1, 0.15) is 5.01 Å². The zero-order valence-electron chi connectivity index (χ0n) is 8.30. The Balaban J connectivity index is 2.89. The van der Waals surface area contributed by atoms with Gasteiger partial charge in [0, 0.05) is 11.6 Å². The number of carbonyl (C=O) groups is 1. The molecule has 1 rings (SSSR count). The maximum atomic E-state index is 11.1. The second-order valence-corrected chi connectivity index (χ2v) is 3.76. The number of carboxylic acids is 1. The van der Waals surface area contributed by atoms with Gasteiger partial charge in [0.15, 0.2) is 6.04 Å². The Morgan fingerprint density at radius 2 is 2.29 bits per heavy atom. The normalized spacial score (nSPS) is 13.1. The molecule has 0 saturated heterocycles. The first-order chi connectivity index (χ1) is 6.70. The molecule has 0 spiro atoms. The molecule has 0 aliphatic heterocycles. The molecule has 1 unspecified atom stereocenters. The summed E-state index contributed by atoms with van der Waals surface area (Å²) in [6.07, 6.45) is 1.64. The molecule has 1 atom stereocenters. The van der Waals surface area contributed by atoms with E-state index in [1.165, 1.54) is 11.3 Å². The summed E-state index contributed by atoms with van der Waals surface area (Å²) in [6, 6.07) is -0.593. The van der Waals surface area contributed by atoms with Crippen molar-refractivity contribution in [1.82, 2.24) is 9.88 Å². The van der Waals surface area contributed by atoms with Gasteiger partial charge in [-0.1, -0.05) is 13.8 Å². The molecule has 1 aromatic heterocycles. The molecule has 4 nitrogen and oxygen atoms in total. The highest BCUT2D eigenvalue weighted by molar-refractivity contribution is 7.09. The molecule has 0 aliphatic carbocycles. The summed E-state index contributed by atoms with van der Waals surface area (Å²) in [5, 5.41) is 11.6. The van der Waals surface area contributed by atoms with E-state index in [0.717, 1.165) is 0 Å². The molecule has 0 bridgehead atoms. The van der Waals surface area contributed by atoms with Crippen molar-refractivity contribution in [1.29, 1.82) is 0 Å². The first kappa shape index (κ1) is 11.1. The third-order valence-electron chi connectivity index (χ3n) is 2.10. The van der Waals surface area contributed by atoms with E-state index >= 15 is 0 Å². The number of nitrogens with zero attached hydrogens (tertiary/aromatic N) is 2. The van der Waals surface area contributed by atoms with Crippen LogP contribution >= 0.6 is 11.3 Å². The van der Waals surface area contributed by atoms with E-state index in [0.29, 0.717) is 18.1 Å². The van der Waals surface area contributed by atoms with Gasteiger partial charge in [-0.2, -0.15) is 0 Å². The zero-order valence-corrected chi connectivity index (χ0v) is 9.12. The SMILES string of the molecule is CCN(CC)C(C(=O)O)c1nccs1. The third kappa shape index (κ3) is 2.30. The highest BCUT2D eigenvalue weighted by atomic mass is 32.1. The van der Waals surface area contributed by atoms with Crippen LogP contribution in [0.4, 0.5) is 0 Å². The fourth-order valence-corrected chi connectivity index (χ4v) is 2.14. The number of rotatable bonds is 5. The highest BCUT2D eigenvalue weighted by Crippen LogP contribution is 2.22. The first-order valence-electron chi connectivity index (χ1n) is 4.56. The van der Waals surface area contributed by atoms with Crippen molar-refractivity contribution >= 4 is 17.3 Å². The van der Waals surface area contributed by atoms with E-state index in [2.05, 4.69) is 4.98 Å². The predicted octanol–water partition coefficient (Wildman–Crippen LogP) is 1.61. The van der Waals surface area contributed by atoms with Gasteiger partial charge < -0.3 is 5.11 Å². The van der Waals surface area contributed by atoms with E-state index in [1.807, 2.05) is 18.7 Å². The molecule has 0 saturated carbocycles. The predicted molar refractivity (Wildman–Crippen MR) is 55.4 cm³/mol. The minimum Gasteiger partial charge on any atom is -0.480 e. The van der Waals surface area contributed by atoms with Gasteiger partial charge in [-0.05, 0) is 13.1 Å². The Hall–Kier alpha value is -0.940. The summed E-state index contributed by atoms with van der Waals surface area (Å²) in [5.41, 5.74) is 0. The molecule has 1 heterocycles. The van der Waals surface area contributed by atoms with Crippen LogP contribution in [0.3, 0.4) is 0 Å². The lowest BCUT2D eigenvalue weighted by molar-refractivity contribution is -0.143. The summed E-state index contributed by atoms with van der Waals surface area (Å²) < 4.78 is 0. The van der Waals surface area contributed by atoms with E-state index < -0.39 is 12.0 Å². The van der Waals surface area contributed by atoms with Gasteiger partial charge in [0.05, 0.1) is 0 Å². The molecule has 0 fully saturated rings. The van der Waals surface area contributed by atoms with Crippen LogP contribution in [0.2, 0.25) is 0 Å². The fourth-order valence-electron chi connectivity index (χ4n) is 1.38. The van der Waals surface area contributed by atoms with Crippen molar-refractivity contribution in [2.24, 2.45) is 0 Å². The van der Waals surface area contributed by atoms with Crippen molar-refractivity contribution in [3.63, 3.8) is 0 Å². The fraction of sp³-hybridized carbons (Fsp3) is 0.556. The van der Waals surface area contributed by atoms with Crippen molar-refractivity contribution in [2.45, 2.75) is 19.9 Å². The molecule has 0 aliphatic rings. The summed E-state index contributed by atoms with van der Waals surface area (Å²) >= 11 is 1.38. The Morgan fingerprint density at radius 1 is 1.64 bits per heavy atom. The quantitative estimate of drug-likeness (QED) is 0.809. The number of thiazole rings is 1. The van der Waals surface area contributed by atoms with Gasteiger partial charge in [0.25, 0.3) is 0 Å². The molecule has 1 aromatic rings. The number of hydrogen-bond acceptors (Lipinski definition) is 4. The molecular weight excluding hydrogens is 200 g/mol. The van der Waals surface area contributed by atoms with Crippen LogP contribution in [0.15, 0.2) is 11.6 Å². The topological polar surface area (TPSA) is 53.4 Å². The Bertz CT molecular complexity index is 283. The minimum atomic E-state index is -0.830. The van der Waals surface area contributed by atoms with Crippen LogP contribution in [0, 0.1) is 0 Å². The van der Waals surface area contributed by atoms with Crippen molar-refractivity contribution in [3.8, 4) is 0 Å². The summed E-state index contributed by atoms with van der Waals surface area (Å²) in [6.45, 7) is 5.33. The standard InChI is InChI=1S/C9H14N2O2S/c1-3-11(4-2)7(9(12)13)8-10-5-6-14-8/h5-7H,3-4H2,1-2H3,(H,12,13). The lowest BCUT2D eigenvalue weighted by atomic mass is 10.2. The highest BCUT2D eigenvalue weighted by Gasteiger charge is 2.27. The minimum absolute atomic E-state index is 0.593. The second-order valence-electron chi connectivity index (χ2n) is 2.83. The van der Waals surface area contributed by atoms with Gasteiger partial charge in [0.2, 0.25) is 0 Å². The van der Waals surface area contributed by atoms with Crippen LogP contribution in [0.5, 0.6) is 0 Å². The maximum Gasteiger partial charge on any atom is 0.328 e. The van der Waals surface area contributed by atoms with E-state index in [4.69, 9.17) is 5.11 Å². The third-order valence-corrected chi connectivity index (χ3v) is 2.92. The van der Waals surface area contributed by atoms with Crippen LogP contribution in [0.25, 0.3) is 0 Å². The average molecular weight is 214 g/mol. The van der Waals surface area contributed by atoms with E-state index in [1.54, 1.807) is 11.6 Å². The molecule has 0 radical (unpaired) electrons. The van der Waals surface area contributed by atoms with Gasteiger partial charge >= 0.3 is 5.97 Å². The van der Waals surface area contributed by atoms with Crippen molar-refractivity contribution < 1.29 is 9.90 Å².